The molecule has 0 aromatic heterocycles. The highest BCUT2D eigenvalue weighted by atomic mass is 32.2. The van der Waals surface area contributed by atoms with E-state index in [1.165, 1.54) is 98.5 Å². The molecule has 11 rings (SSSR count). The van der Waals surface area contributed by atoms with Crippen molar-refractivity contribution in [1.82, 2.24) is 0 Å². The van der Waals surface area contributed by atoms with Crippen molar-refractivity contribution < 1.29 is 0 Å². The van der Waals surface area contributed by atoms with Crippen molar-refractivity contribution in [1.29, 1.82) is 0 Å². The maximum Gasteiger partial charge on any atom is 0.0725 e. The van der Waals surface area contributed by atoms with Crippen LogP contribution >= 0.6 is 11.8 Å². The standard InChI is InChI=1S/C47H28S/c1-4-20-39-34(15-1)35-16-2-5-21-40(35)47(39)41-22-6-3-17-37(41)46-33(18-10-23-42(46)47)32-14-7-13-30(27-32)31-25-26-43-38(28-31)36-19-8-11-29-12-9-24-44(48-43)45(29)36/h1-28H. The number of fused-ring (bicyclic) bond motifs is 12. The molecule has 0 N–H and O–H groups in total. The summed E-state index contributed by atoms with van der Waals surface area (Å²) in [5.41, 5.74) is 18.2. The Morgan fingerprint density at radius 3 is 1.69 bits per heavy atom. The fourth-order valence-corrected chi connectivity index (χ4v) is 10.1. The number of hydrogen-bond donors (Lipinski definition) is 0. The maximum atomic E-state index is 2.40. The van der Waals surface area contributed by atoms with Crippen molar-refractivity contribution in [3.63, 3.8) is 0 Å². The fourth-order valence-electron chi connectivity index (χ4n) is 8.99. The fraction of sp³-hybridized carbons (Fsp3) is 0.0213. The normalized spacial score (nSPS) is 13.9. The quantitative estimate of drug-likeness (QED) is 0.184. The lowest BCUT2D eigenvalue weighted by molar-refractivity contribution is 0.794. The van der Waals surface area contributed by atoms with Crippen molar-refractivity contribution in [2.45, 2.75) is 15.2 Å². The topological polar surface area (TPSA) is 0 Å². The van der Waals surface area contributed by atoms with Crippen LogP contribution in [0.3, 0.4) is 0 Å². The Kier molecular flexibility index (Phi) is 5.34. The van der Waals surface area contributed by atoms with E-state index in [0.29, 0.717) is 0 Å². The molecule has 0 unspecified atom stereocenters. The molecule has 0 amide bonds. The Morgan fingerprint density at radius 1 is 0.333 bits per heavy atom. The third-order valence-corrected chi connectivity index (χ3v) is 12.0. The summed E-state index contributed by atoms with van der Waals surface area (Å²) in [5.74, 6) is 0. The largest absolute Gasteiger partial charge is 0.0888 e. The van der Waals surface area contributed by atoms with Crippen molar-refractivity contribution in [2.75, 3.05) is 0 Å². The molecular weight excluding hydrogens is 597 g/mol. The van der Waals surface area contributed by atoms with E-state index in [4.69, 9.17) is 0 Å². The molecule has 0 radical (unpaired) electrons. The summed E-state index contributed by atoms with van der Waals surface area (Å²) in [6, 6.07) is 63.7. The molecule has 1 aliphatic heterocycles. The number of benzene rings is 8. The Labute approximate surface area is 284 Å². The minimum absolute atomic E-state index is 0.333. The predicted molar refractivity (Wildman–Crippen MR) is 201 cm³/mol. The molecular formula is C47H28S. The van der Waals surface area contributed by atoms with Crippen LogP contribution in [0.4, 0.5) is 0 Å². The maximum absolute atomic E-state index is 2.40. The zero-order valence-corrected chi connectivity index (χ0v) is 26.9. The molecule has 0 saturated heterocycles. The summed E-state index contributed by atoms with van der Waals surface area (Å²) in [6.07, 6.45) is 0. The highest BCUT2D eigenvalue weighted by Gasteiger charge is 2.51. The molecule has 0 bridgehead atoms. The van der Waals surface area contributed by atoms with Gasteiger partial charge in [-0.05, 0) is 108 Å². The number of hydrogen-bond acceptors (Lipinski definition) is 1. The summed E-state index contributed by atoms with van der Waals surface area (Å²) in [7, 11) is 0. The lowest BCUT2D eigenvalue weighted by Gasteiger charge is -2.30. The van der Waals surface area contributed by atoms with E-state index in [-0.39, 0.29) is 5.41 Å². The Hall–Kier alpha value is -5.63. The van der Waals surface area contributed by atoms with E-state index in [2.05, 4.69) is 170 Å². The van der Waals surface area contributed by atoms with Crippen molar-refractivity contribution in [2.24, 2.45) is 0 Å². The zero-order chi connectivity index (χ0) is 31.4. The smallest absolute Gasteiger partial charge is 0.0725 e. The lowest BCUT2D eigenvalue weighted by atomic mass is 9.70. The zero-order valence-electron chi connectivity index (χ0n) is 26.1. The summed E-state index contributed by atoms with van der Waals surface area (Å²) in [4.78, 5) is 2.66. The minimum atomic E-state index is -0.333. The van der Waals surface area contributed by atoms with Crippen LogP contribution in [0.25, 0.3) is 66.4 Å². The molecule has 222 valence electrons. The summed E-state index contributed by atoms with van der Waals surface area (Å²) < 4.78 is 0. The van der Waals surface area contributed by atoms with Gasteiger partial charge in [0.05, 0.1) is 5.41 Å². The van der Waals surface area contributed by atoms with Gasteiger partial charge in [-0.3, -0.25) is 0 Å². The molecule has 8 aromatic carbocycles. The van der Waals surface area contributed by atoms with Crippen LogP contribution < -0.4 is 0 Å². The van der Waals surface area contributed by atoms with E-state index in [1.807, 2.05) is 11.8 Å². The third-order valence-electron chi connectivity index (χ3n) is 10.9. The first-order valence-electron chi connectivity index (χ1n) is 16.7. The third kappa shape index (κ3) is 3.36. The van der Waals surface area contributed by atoms with Crippen molar-refractivity contribution in [3.8, 4) is 55.6 Å². The van der Waals surface area contributed by atoms with E-state index in [9.17, 15) is 0 Å². The van der Waals surface area contributed by atoms with Gasteiger partial charge in [0, 0.05) is 15.2 Å². The first-order chi connectivity index (χ1) is 23.8. The first kappa shape index (κ1) is 26.4. The van der Waals surface area contributed by atoms with Crippen LogP contribution in [0.15, 0.2) is 180 Å². The van der Waals surface area contributed by atoms with Gasteiger partial charge >= 0.3 is 0 Å². The number of rotatable bonds is 2. The second-order valence-corrected chi connectivity index (χ2v) is 14.3. The summed E-state index contributed by atoms with van der Waals surface area (Å²) >= 11 is 1.89. The molecule has 8 aromatic rings. The molecule has 1 heterocycles. The van der Waals surface area contributed by atoms with Crippen LogP contribution in [0.2, 0.25) is 0 Å². The van der Waals surface area contributed by atoms with Gasteiger partial charge in [0.25, 0.3) is 0 Å². The van der Waals surface area contributed by atoms with Crippen LogP contribution in [-0.2, 0) is 5.41 Å². The minimum Gasteiger partial charge on any atom is -0.0888 e. The van der Waals surface area contributed by atoms with Gasteiger partial charge in [0.2, 0.25) is 0 Å². The highest BCUT2D eigenvalue weighted by Crippen LogP contribution is 2.64. The second kappa shape index (κ2) is 9.70. The molecule has 2 aliphatic carbocycles. The van der Waals surface area contributed by atoms with Gasteiger partial charge in [-0.2, -0.15) is 0 Å². The van der Waals surface area contributed by atoms with Gasteiger partial charge < -0.3 is 0 Å². The van der Waals surface area contributed by atoms with Crippen molar-refractivity contribution >= 4 is 22.5 Å². The second-order valence-electron chi connectivity index (χ2n) is 13.2. The monoisotopic (exact) mass is 624 g/mol. The molecule has 0 fully saturated rings. The van der Waals surface area contributed by atoms with E-state index >= 15 is 0 Å². The van der Waals surface area contributed by atoms with Gasteiger partial charge in [-0.25, -0.2) is 0 Å². The summed E-state index contributed by atoms with van der Waals surface area (Å²) in [6.45, 7) is 0. The van der Waals surface area contributed by atoms with E-state index in [1.54, 1.807) is 0 Å². The van der Waals surface area contributed by atoms with Crippen LogP contribution in [0.1, 0.15) is 22.3 Å². The molecule has 3 aliphatic rings. The average Bonchev–Trinajstić information content (AvgIpc) is 3.63. The molecule has 1 heteroatoms. The average molecular weight is 625 g/mol. The molecule has 0 nitrogen and oxygen atoms in total. The van der Waals surface area contributed by atoms with Crippen LogP contribution in [0, 0.1) is 0 Å². The predicted octanol–water partition coefficient (Wildman–Crippen LogP) is 12.6. The molecule has 1 spiro atoms. The van der Waals surface area contributed by atoms with E-state index in [0.717, 1.165) is 0 Å². The van der Waals surface area contributed by atoms with Gasteiger partial charge in [0.15, 0.2) is 0 Å². The Balaban J connectivity index is 1.11. The van der Waals surface area contributed by atoms with Crippen LogP contribution in [-0.4, -0.2) is 0 Å². The van der Waals surface area contributed by atoms with Crippen LogP contribution in [0.5, 0.6) is 0 Å². The van der Waals surface area contributed by atoms with Gasteiger partial charge in [0.1, 0.15) is 0 Å². The summed E-state index contributed by atoms with van der Waals surface area (Å²) in [5, 5.41) is 2.67. The van der Waals surface area contributed by atoms with Gasteiger partial charge in [-0.1, -0.05) is 157 Å². The molecule has 0 saturated carbocycles. The Bertz CT molecular complexity index is 2610. The highest BCUT2D eigenvalue weighted by molar-refractivity contribution is 7.99. The Morgan fingerprint density at radius 2 is 0.896 bits per heavy atom. The van der Waals surface area contributed by atoms with Crippen molar-refractivity contribution in [3.05, 3.63) is 192 Å². The molecule has 0 atom stereocenters. The molecule has 48 heavy (non-hydrogen) atoms. The first-order valence-corrected chi connectivity index (χ1v) is 17.5. The van der Waals surface area contributed by atoms with E-state index < -0.39 is 0 Å². The SMILES string of the molecule is c1cc(-c2ccc3c(c2)-c2cccc4cccc(c24)S3)cc(-c2cccc3c2-c2ccccc2C32c3ccccc3-c3ccccc32)c1. The van der Waals surface area contributed by atoms with Gasteiger partial charge in [-0.15, -0.1) is 0 Å². The lowest BCUT2D eigenvalue weighted by Crippen LogP contribution is -2.25.